The van der Waals surface area contributed by atoms with Gasteiger partial charge in [0.25, 0.3) is 0 Å². The topological polar surface area (TPSA) is 141 Å². The molecule has 146 valence electrons. The molecule has 0 spiro atoms. The number of nitrogens with two attached hydrogens (primary N) is 2. The number of carboxylic acid groups (broad SMARTS) is 1. The molecular formula is C19H25N3O5. The van der Waals surface area contributed by atoms with Gasteiger partial charge in [-0.05, 0) is 36.6 Å². The normalized spacial score (nSPS) is 11.8. The number of furan rings is 1. The molecule has 0 bridgehead atoms. The predicted molar refractivity (Wildman–Crippen MR) is 98.9 cm³/mol. The maximum atomic E-state index is 11.7. The van der Waals surface area contributed by atoms with Gasteiger partial charge >= 0.3 is 5.97 Å². The molecule has 6 N–H and O–H groups in total. The predicted octanol–water partition coefficient (Wildman–Crippen LogP) is 1.17. The van der Waals surface area contributed by atoms with Crippen LogP contribution in [0.25, 0.3) is 0 Å². The van der Waals surface area contributed by atoms with Gasteiger partial charge in [0.15, 0.2) is 0 Å². The first-order valence-electron chi connectivity index (χ1n) is 8.71. The van der Waals surface area contributed by atoms with Crippen LogP contribution in [0.2, 0.25) is 0 Å². The van der Waals surface area contributed by atoms with Crippen molar-refractivity contribution in [3.05, 3.63) is 53.5 Å². The molecule has 8 heteroatoms. The van der Waals surface area contributed by atoms with Crippen LogP contribution in [0.15, 0.2) is 41.0 Å². The molecule has 2 rings (SSSR count). The highest BCUT2D eigenvalue weighted by Crippen LogP contribution is 2.15. The monoisotopic (exact) mass is 375 g/mol. The van der Waals surface area contributed by atoms with Crippen LogP contribution in [-0.4, -0.2) is 29.6 Å². The first kappa shape index (κ1) is 20.5. The summed E-state index contributed by atoms with van der Waals surface area (Å²) in [5, 5.41) is 11.4. The Hall–Kier alpha value is -2.84. The summed E-state index contributed by atoms with van der Waals surface area (Å²) in [6.07, 6.45) is 2.51. The average Bonchev–Trinajstić information content (AvgIpc) is 3.13. The van der Waals surface area contributed by atoms with Crippen molar-refractivity contribution in [2.45, 2.75) is 38.5 Å². The molecule has 0 aliphatic carbocycles. The van der Waals surface area contributed by atoms with Gasteiger partial charge < -0.3 is 31.0 Å². The van der Waals surface area contributed by atoms with Gasteiger partial charge in [-0.1, -0.05) is 12.1 Å². The average molecular weight is 375 g/mol. The maximum absolute atomic E-state index is 11.7. The molecule has 27 heavy (non-hydrogen) atoms. The molecule has 0 saturated carbocycles. The molecule has 1 aromatic heterocycles. The number of aliphatic carboxylic acids is 1. The van der Waals surface area contributed by atoms with Gasteiger partial charge in [0.05, 0.1) is 12.8 Å². The molecule has 1 amide bonds. The van der Waals surface area contributed by atoms with Crippen LogP contribution in [0.4, 0.5) is 0 Å². The number of carbonyl (C=O) groups is 2. The van der Waals surface area contributed by atoms with Crippen molar-refractivity contribution in [1.29, 1.82) is 0 Å². The molecule has 1 unspecified atom stereocenters. The molecule has 0 aliphatic heterocycles. The largest absolute Gasteiger partial charge is 0.489 e. The Kier molecular flexibility index (Phi) is 7.84. The van der Waals surface area contributed by atoms with Crippen molar-refractivity contribution in [2.24, 2.45) is 11.5 Å². The van der Waals surface area contributed by atoms with Crippen molar-refractivity contribution in [2.75, 3.05) is 6.54 Å². The Bertz CT molecular complexity index is 742. The third-order valence-corrected chi connectivity index (χ3v) is 3.97. The lowest BCUT2D eigenvalue weighted by molar-refractivity contribution is -0.138. The van der Waals surface area contributed by atoms with Crippen molar-refractivity contribution in [1.82, 2.24) is 5.32 Å². The van der Waals surface area contributed by atoms with Crippen LogP contribution >= 0.6 is 0 Å². The fraction of sp³-hybridized carbons (Fsp3) is 0.368. The summed E-state index contributed by atoms with van der Waals surface area (Å²) in [4.78, 5) is 22.3. The molecule has 8 nitrogen and oxygen atoms in total. The van der Waals surface area contributed by atoms with Gasteiger partial charge in [-0.25, -0.2) is 0 Å². The van der Waals surface area contributed by atoms with Gasteiger partial charge in [-0.15, -0.1) is 0 Å². The van der Waals surface area contributed by atoms with Crippen molar-refractivity contribution in [3.8, 4) is 5.75 Å². The van der Waals surface area contributed by atoms with Crippen LogP contribution in [0.1, 0.15) is 29.7 Å². The second-order valence-corrected chi connectivity index (χ2v) is 6.14. The second kappa shape index (κ2) is 10.3. The Morgan fingerprint density at radius 1 is 1.22 bits per heavy atom. The van der Waals surface area contributed by atoms with Crippen molar-refractivity contribution in [3.63, 3.8) is 0 Å². The highest BCUT2D eigenvalue weighted by molar-refractivity contribution is 5.78. The zero-order valence-corrected chi connectivity index (χ0v) is 15.0. The molecule has 1 atom stereocenters. The first-order valence-corrected chi connectivity index (χ1v) is 8.71. The number of hydrogen-bond donors (Lipinski definition) is 4. The van der Waals surface area contributed by atoms with E-state index in [1.807, 2.05) is 30.3 Å². The van der Waals surface area contributed by atoms with Gasteiger partial charge in [-0.2, -0.15) is 0 Å². The number of amides is 1. The van der Waals surface area contributed by atoms with E-state index in [1.165, 1.54) is 0 Å². The minimum atomic E-state index is -1.10. The Balaban J connectivity index is 1.67. The summed E-state index contributed by atoms with van der Waals surface area (Å²) in [6.45, 7) is 1.23. The number of carboxylic acids is 1. The molecule has 0 radical (unpaired) electrons. The highest BCUT2D eigenvalue weighted by atomic mass is 16.5. The molecule has 1 aromatic carbocycles. The van der Waals surface area contributed by atoms with E-state index in [0.29, 0.717) is 26.1 Å². The minimum absolute atomic E-state index is 0.0973. The summed E-state index contributed by atoms with van der Waals surface area (Å²) in [6, 6.07) is 8.46. The van der Waals surface area contributed by atoms with Gasteiger partial charge in [0.2, 0.25) is 5.91 Å². The van der Waals surface area contributed by atoms with Gasteiger partial charge in [-0.3, -0.25) is 9.59 Å². The second-order valence-electron chi connectivity index (χ2n) is 6.14. The third kappa shape index (κ3) is 7.12. The summed E-state index contributed by atoms with van der Waals surface area (Å²) in [5.41, 5.74) is 12.8. The van der Waals surface area contributed by atoms with Crippen molar-refractivity contribution >= 4 is 11.9 Å². The number of nitrogens with one attached hydrogen (secondary N) is 1. The SMILES string of the molecule is NCc1cc(COc2ccc(CCNC(=O)CCC(N)C(=O)O)cc2)co1. The summed E-state index contributed by atoms with van der Waals surface area (Å²) in [5.74, 6) is 0.151. The molecule has 1 heterocycles. The fourth-order valence-corrected chi connectivity index (χ4v) is 2.37. The number of hydrogen-bond acceptors (Lipinski definition) is 6. The number of ether oxygens (including phenoxy) is 1. The molecule has 2 aromatic rings. The van der Waals surface area contributed by atoms with Crippen LogP contribution in [0.5, 0.6) is 5.75 Å². The van der Waals surface area contributed by atoms with Crippen LogP contribution < -0.4 is 21.5 Å². The van der Waals surface area contributed by atoms with E-state index in [4.69, 9.17) is 25.7 Å². The van der Waals surface area contributed by atoms with E-state index in [9.17, 15) is 9.59 Å². The summed E-state index contributed by atoms with van der Waals surface area (Å²) < 4.78 is 10.9. The molecule has 0 saturated heterocycles. The van der Waals surface area contributed by atoms with E-state index in [1.54, 1.807) is 6.26 Å². The van der Waals surface area contributed by atoms with Crippen LogP contribution in [0, 0.1) is 0 Å². The standard InChI is InChI=1S/C19H25N3O5/c20-10-16-9-14(12-27-16)11-26-15-3-1-13(2-4-15)7-8-22-18(23)6-5-17(21)19(24)25/h1-4,9,12,17H,5-8,10-11,20-21H2,(H,22,23)(H,24,25). The number of rotatable bonds is 11. The lowest BCUT2D eigenvalue weighted by Crippen LogP contribution is -2.33. The van der Waals surface area contributed by atoms with E-state index >= 15 is 0 Å². The smallest absolute Gasteiger partial charge is 0.320 e. The Morgan fingerprint density at radius 2 is 1.96 bits per heavy atom. The minimum Gasteiger partial charge on any atom is -0.489 e. The van der Waals surface area contributed by atoms with E-state index in [2.05, 4.69) is 5.32 Å². The van der Waals surface area contributed by atoms with Gasteiger partial charge in [0, 0.05) is 18.5 Å². The summed E-state index contributed by atoms with van der Waals surface area (Å²) in [7, 11) is 0. The van der Waals surface area contributed by atoms with E-state index in [0.717, 1.165) is 22.6 Å². The molecule has 0 aliphatic rings. The highest BCUT2D eigenvalue weighted by Gasteiger charge is 2.13. The zero-order valence-electron chi connectivity index (χ0n) is 15.0. The third-order valence-electron chi connectivity index (χ3n) is 3.97. The molecular weight excluding hydrogens is 350 g/mol. The van der Waals surface area contributed by atoms with Crippen LogP contribution in [0.3, 0.4) is 0 Å². The van der Waals surface area contributed by atoms with Crippen molar-refractivity contribution < 1.29 is 23.8 Å². The van der Waals surface area contributed by atoms with E-state index < -0.39 is 12.0 Å². The quantitative estimate of drug-likeness (QED) is 0.462. The van der Waals surface area contributed by atoms with Crippen LogP contribution in [-0.2, 0) is 29.2 Å². The molecule has 0 fully saturated rings. The maximum Gasteiger partial charge on any atom is 0.320 e. The number of carbonyl (C=O) groups excluding carboxylic acids is 1. The lowest BCUT2D eigenvalue weighted by Gasteiger charge is -2.08. The zero-order chi connectivity index (χ0) is 19.6. The van der Waals surface area contributed by atoms with E-state index in [-0.39, 0.29) is 18.7 Å². The Morgan fingerprint density at radius 3 is 2.59 bits per heavy atom. The summed E-state index contributed by atoms with van der Waals surface area (Å²) >= 11 is 0. The Labute approximate surface area is 157 Å². The van der Waals surface area contributed by atoms with Gasteiger partial charge in [0.1, 0.15) is 24.2 Å². The number of benzene rings is 1. The lowest BCUT2D eigenvalue weighted by atomic mass is 10.1. The fourth-order valence-electron chi connectivity index (χ4n) is 2.37. The first-order chi connectivity index (χ1) is 13.0.